The first kappa shape index (κ1) is 32.0. The van der Waals surface area contributed by atoms with Gasteiger partial charge in [0.05, 0.1) is 29.1 Å². The van der Waals surface area contributed by atoms with E-state index in [-0.39, 0.29) is 41.9 Å². The number of hydrogen-bond donors (Lipinski definition) is 2. The predicted octanol–water partition coefficient (Wildman–Crippen LogP) is 6.50. The van der Waals surface area contributed by atoms with Gasteiger partial charge in [-0.1, -0.05) is 11.6 Å². The van der Waals surface area contributed by atoms with Gasteiger partial charge in [0, 0.05) is 35.9 Å². The normalized spacial score (nSPS) is 14.3. The summed E-state index contributed by atoms with van der Waals surface area (Å²) in [6.45, 7) is 7.99. The summed E-state index contributed by atoms with van der Waals surface area (Å²) in [5.74, 6) is -2.00. The maximum atomic E-state index is 13.6. The zero-order valence-electron chi connectivity index (χ0n) is 23.8. The summed E-state index contributed by atoms with van der Waals surface area (Å²) in [4.78, 5) is 26.7. The third-order valence-corrected chi connectivity index (χ3v) is 7.35. The molecule has 1 aliphatic heterocycles. The minimum absolute atomic E-state index is 0. The quantitative estimate of drug-likeness (QED) is 0.226. The topological polar surface area (TPSA) is 123 Å². The van der Waals surface area contributed by atoms with Crippen LogP contribution in [0.1, 0.15) is 60.1 Å². The number of nitrogens with one attached hydrogen (secondary N) is 1. The number of anilines is 1. The Morgan fingerprint density at radius 2 is 1.84 bits per heavy atom. The van der Waals surface area contributed by atoms with Crippen LogP contribution in [-0.2, 0) is 12.1 Å². The van der Waals surface area contributed by atoms with Crippen molar-refractivity contribution in [2.45, 2.75) is 51.8 Å². The van der Waals surface area contributed by atoms with E-state index in [1.54, 1.807) is 28.9 Å². The van der Waals surface area contributed by atoms with E-state index in [2.05, 4.69) is 20.5 Å². The van der Waals surface area contributed by atoms with Gasteiger partial charge in [-0.2, -0.15) is 5.10 Å². The summed E-state index contributed by atoms with van der Waals surface area (Å²) in [5, 5.41) is 20.7. The second-order valence-corrected chi connectivity index (χ2v) is 11.6. The highest BCUT2D eigenvalue weighted by Gasteiger charge is 2.26. The van der Waals surface area contributed by atoms with Crippen molar-refractivity contribution in [2.75, 3.05) is 18.4 Å². The summed E-state index contributed by atoms with van der Waals surface area (Å²) in [5.41, 5.74) is 2.70. The van der Waals surface area contributed by atoms with Gasteiger partial charge < -0.3 is 19.7 Å². The van der Waals surface area contributed by atoms with Gasteiger partial charge in [-0.25, -0.2) is 9.18 Å². The molecule has 2 N–H and O–H groups in total. The molecule has 1 saturated heterocycles. The zero-order chi connectivity index (χ0) is 30.0. The molecular weight excluding hydrogens is 600 g/mol. The Hall–Kier alpha value is -3.93. The number of carboxylic acid groups (broad SMARTS) is 1. The summed E-state index contributed by atoms with van der Waals surface area (Å²) in [6, 6.07) is 12.6. The average molecular weight is 633 g/mol. The number of carbonyl (C=O) groups excluding carboxylic acids is 1. The van der Waals surface area contributed by atoms with Crippen LogP contribution >= 0.6 is 24.0 Å². The third-order valence-electron chi connectivity index (χ3n) is 6.99. The molecule has 0 atom stereocenters. The van der Waals surface area contributed by atoms with Crippen LogP contribution < -0.4 is 10.1 Å². The summed E-state index contributed by atoms with van der Waals surface area (Å²) >= 11 is 6.53. The molecule has 43 heavy (non-hydrogen) atoms. The lowest BCUT2D eigenvalue weighted by Gasteiger charge is -2.31. The number of likely N-dealkylation sites (tertiary alicyclic amines) is 1. The molecule has 2 aromatic heterocycles. The molecule has 0 radical (unpaired) electrons. The third kappa shape index (κ3) is 7.54. The van der Waals surface area contributed by atoms with E-state index in [0.717, 1.165) is 18.7 Å². The number of carboxylic acids is 1. The van der Waals surface area contributed by atoms with E-state index < -0.39 is 11.5 Å². The highest BCUT2D eigenvalue weighted by Crippen LogP contribution is 2.31. The molecule has 3 heterocycles. The lowest BCUT2D eigenvalue weighted by molar-refractivity contribution is 0.0650. The van der Waals surface area contributed by atoms with Crippen molar-refractivity contribution in [2.24, 2.45) is 0 Å². The lowest BCUT2D eigenvalue weighted by Crippen LogP contribution is -2.37. The second kappa shape index (κ2) is 13.2. The van der Waals surface area contributed by atoms with Crippen LogP contribution in [0, 0.1) is 5.82 Å². The summed E-state index contributed by atoms with van der Waals surface area (Å²) in [7, 11) is 0. The van der Waals surface area contributed by atoms with Gasteiger partial charge in [-0.3, -0.25) is 14.4 Å². The van der Waals surface area contributed by atoms with Gasteiger partial charge in [0.2, 0.25) is 5.76 Å². The molecule has 10 nitrogen and oxygen atoms in total. The van der Waals surface area contributed by atoms with Gasteiger partial charge in [0.15, 0.2) is 0 Å². The van der Waals surface area contributed by atoms with Crippen LogP contribution in [0.2, 0.25) is 5.02 Å². The van der Waals surface area contributed by atoms with Gasteiger partial charge >= 0.3 is 5.97 Å². The van der Waals surface area contributed by atoms with Crippen molar-refractivity contribution in [3.05, 3.63) is 82.5 Å². The van der Waals surface area contributed by atoms with Crippen LogP contribution in [0.3, 0.4) is 0 Å². The number of piperidine rings is 1. The van der Waals surface area contributed by atoms with Crippen molar-refractivity contribution in [3.8, 4) is 17.1 Å². The lowest BCUT2D eigenvalue weighted by atomic mass is 10.0. The van der Waals surface area contributed by atoms with E-state index in [0.29, 0.717) is 46.9 Å². The van der Waals surface area contributed by atoms with Gasteiger partial charge in [0.1, 0.15) is 11.9 Å². The zero-order valence-corrected chi connectivity index (χ0v) is 25.4. The van der Waals surface area contributed by atoms with E-state index in [1.165, 1.54) is 24.4 Å². The number of amides is 1. The Labute approximate surface area is 259 Å². The second-order valence-electron chi connectivity index (χ2n) is 11.2. The number of rotatable bonds is 8. The highest BCUT2D eigenvalue weighted by atomic mass is 35.5. The summed E-state index contributed by atoms with van der Waals surface area (Å²) in [6.07, 6.45) is 2.85. The summed E-state index contributed by atoms with van der Waals surface area (Å²) < 4.78 is 25.9. The molecule has 0 aliphatic carbocycles. The average Bonchev–Trinajstić information content (AvgIpc) is 3.60. The largest absolute Gasteiger partial charge is 0.475 e. The number of carbonyl (C=O) groups is 2. The van der Waals surface area contributed by atoms with Crippen LogP contribution in [0.4, 0.5) is 10.1 Å². The fourth-order valence-electron chi connectivity index (χ4n) is 4.89. The molecule has 1 fully saturated rings. The number of aromatic carboxylic acids is 1. The van der Waals surface area contributed by atoms with Crippen molar-refractivity contribution in [1.29, 1.82) is 0 Å². The highest BCUT2D eigenvalue weighted by molar-refractivity contribution is 6.31. The molecule has 0 unspecified atom stereocenters. The first-order valence-electron chi connectivity index (χ1n) is 13.5. The number of halogens is 3. The van der Waals surface area contributed by atoms with Gasteiger partial charge in [-0.15, -0.1) is 12.4 Å². The van der Waals surface area contributed by atoms with Crippen molar-refractivity contribution in [3.63, 3.8) is 0 Å². The Bertz CT molecular complexity index is 1590. The van der Waals surface area contributed by atoms with Crippen molar-refractivity contribution < 1.29 is 28.3 Å². The number of ether oxygens (including phenoxy) is 1. The molecule has 0 spiro atoms. The van der Waals surface area contributed by atoms with E-state index in [4.69, 9.17) is 26.0 Å². The number of hydrogen-bond acceptors (Lipinski definition) is 7. The molecule has 13 heteroatoms. The van der Waals surface area contributed by atoms with E-state index in [9.17, 15) is 14.0 Å². The Kier molecular flexibility index (Phi) is 9.79. The van der Waals surface area contributed by atoms with Gasteiger partial charge in [-0.05, 0) is 86.8 Å². The Morgan fingerprint density at radius 1 is 1.14 bits per heavy atom. The van der Waals surface area contributed by atoms with E-state index in [1.807, 2.05) is 26.8 Å². The Balaban J connectivity index is 0.00000423. The smallest absolute Gasteiger partial charge is 0.374 e. The van der Waals surface area contributed by atoms with Crippen molar-refractivity contribution >= 4 is 41.6 Å². The number of benzene rings is 2. The van der Waals surface area contributed by atoms with Crippen LogP contribution in [0.5, 0.6) is 5.88 Å². The van der Waals surface area contributed by atoms with Crippen LogP contribution in [0.15, 0.2) is 59.3 Å². The first-order valence-corrected chi connectivity index (χ1v) is 13.9. The SMILES string of the molecule is CC(C)(C)n1ncc(C(=O)Nc2ccc(Cl)c(CN3CCC(Oc4cc(C(=O)O)on4)CC3)c2)c1-c1ccc(F)cc1.Cl. The molecule has 228 valence electrons. The Morgan fingerprint density at radius 3 is 2.47 bits per heavy atom. The standard InChI is InChI=1S/C30H31ClFN5O5.ClH/c1-30(2,3)37-27(18-4-6-20(32)7-5-18)23(16-33-37)28(38)34-21-8-9-24(31)19(14-21)17-36-12-10-22(11-13-36)41-26-15-25(29(39)40)42-35-26;/h4-9,14-16,22H,10-13,17H2,1-3H3,(H,34,38)(H,39,40);1H. The van der Waals surface area contributed by atoms with E-state index >= 15 is 0 Å². The van der Waals surface area contributed by atoms with Crippen LogP contribution in [0.25, 0.3) is 11.3 Å². The molecule has 1 aliphatic rings. The fourth-order valence-corrected chi connectivity index (χ4v) is 5.07. The molecule has 0 bridgehead atoms. The molecule has 4 aromatic rings. The number of nitrogens with zero attached hydrogens (tertiary/aromatic N) is 4. The molecular formula is C30H32Cl2FN5O5. The number of aromatic nitrogens is 3. The van der Waals surface area contributed by atoms with Crippen molar-refractivity contribution in [1.82, 2.24) is 19.8 Å². The molecule has 5 rings (SSSR count). The molecule has 0 saturated carbocycles. The van der Waals surface area contributed by atoms with Crippen LogP contribution in [-0.4, -0.2) is 56.0 Å². The van der Waals surface area contributed by atoms with Gasteiger partial charge in [0.25, 0.3) is 11.8 Å². The maximum absolute atomic E-state index is 13.6. The minimum atomic E-state index is -1.20. The first-order chi connectivity index (χ1) is 20.0. The maximum Gasteiger partial charge on any atom is 0.374 e. The molecule has 1 amide bonds. The minimum Gasteiger partial charge on any atom is -0.475 e. The fraction of sp³-hybridized carbons (Fsp3) is 0.333. The predicted molar refractivity (Wildman–Crippen MR) is 162 cm³/mol. The monoisotopic (exact) mass is 631 g/mol. The molecule has 2 aromatic carbocycles.